The molecular weight excluding hydrogens is 455 g/mol. The maximum Gasteiger partial charge on any atom is 0.446 e. The summed E-state index contributed by atoms with van der Waals surface area (Å²) in [6.45, 7) is 3.59. The van der Waals surface area contributed by atoms with E-state index in [0.717, 1.165) is 31.1 Å². The predicted octanol–water partition coefficient (Wildman–Crippen LogP) is 2.24. The van der Waals surface area contributed by atoms with Crippen LogP contribution in [0.1, 0.15) is 0 Å². The van der Waals surface area contributed by atoms with Gasteiger partial charge in [0.05, 0.1) is 10.2 Å². The molecule has 1 aromatic carbocycles. The Morgan fingerprint density at radius 2 is 2.07 bits per heavy atom. The van der Waals surface area contributed by atoms with Gasteiger partial charge in [-0.15, -0.1) is 0 Å². The molecule has 1 saturated heterocycles. The first-order valence-corrected chi connectivity index (χ1v) is 10.5. The van der Waals surface area contributed by atoms with Crippen molar-refractivity contribution in [1.29, 1.82) is 0 Å². The Labute approximate surface area is 171 Å². The maximum absolute atomic E-state index is 13.5. The van der Waals surface area contributed by atoms with Crippen LogP contribution in [0.25, 0.3) is 17.2 Å². The van der Waals surface area contributed by atoms with Gasteiger partial charge >= 0.3 is 5.76 Å². The van der Waals surface area contributed by atoms with Gasteiger partial charge in [-0.1, -0.05) is 5.16 Å². The van der Waals surface area contributed by atoms with Gasteiger partial charge in [-0.25, -0.2) is 18.4 Å². The molecule has 1 aliphatic rings. The van der Waals surface area contributed by atoms with Gasteiger partial charge in [0.25, 0.3) is 0 Å². The summed E-state index contributed by atoms with van der Waals surface area (Å²) in [7, 11) is 0. The number of hydrogen-bond acceptors (Lipinski definition) is 9. The lowest BCUT2D eigenvalue weighted by Crippen LogP contribution is -2.36. The highest BCUT2D eigenvalue weighted by molar-refractivity contribution is 9.10. The summed E-state index contributed by atoms with van der Waals surface area (Å²) < 4.78 is 24.6. The fourth-order valence-electron chi connectivity index (χ4n) is 2.86. The van der Waals surface area contributed by atoms with Crippen LogP contribution in [-0.2, 0) is 0 Å². The van der Waals surface area contributed by atoms with Crippen LogP contribution in [0.2, 0.25) is 0 Å². The van der Waals surface area contributed by atoms with Crippen LogP contribution in [0.3, 0.4) is 0 Å². The van der Waals surface area contributed by atoms with Crippen molar-refractivity contribution in [3.63, 3.8) is 0 Å². The van der Waals surface area contributed by atoms with Crippen molar-refractivity contribution in [2.75, 3.05) is 43.0 Å². The Morgan fingerprint density at radius 1 is 1.25 bits per heavy atom. The number of aromatic nitrogens is 4. The van der Waals surface area contributed by atoms with Gasteiger partial charge in [0, 0.05) is 37.7 Å². The molecule has 0 amide bonds. The summed E-state index contributed by atoms with van der Waals surface area (Å²) in [5.41, 5.74) is 0.606. The first kappa shape index (κ1) is 19.2. The number of nitrogens with zero attached hydrogens (tertiary/aromatic N) is 5. The average Bonchev–Trinajstić information content (AvgIpc) is 3.31. The molecule has 1 N–H and O–H groups in total. The number of thioether (sulfide) groups is 1. The lowest BCUT2D eigenvalue weighted by atomic mass is 10.3. The molecule has 0 saturated carbocycles. The molecule has 0 radical (unpaired) electrons. The Morgan fingerprint density at radius 3 is 2.86 bits per heavy atom. The van der Waals surface area contributed by atoms with Gasteiger partial charge in [0.15, 0.2) is 5.69 Å². The highest BCUT2D eigenvalue weighted by atomic mass is 79.9. The lowest BCUT2D eigenvalue weighted by Gasteiger charge is -2.25. The summed E-state index contributed by atoms with van der Waals surface area (Å²) in [4.78, 5) is 14.5. The van der Waals surface area contributed by atoms with E-state index in [9.17, 15) is 9.18 Å². The third-order valence-corrected chi connectivity index (χ3v) is 5.84. The summed E-state index contributed by atoms with van der Waals surface area (Å²) in [6.07, 6.45) is 0. The Hall–Kier alpha value is -2.18. The third kappa shape index (κ3) is 3.98. The molecule has 4 rings (SSSR count). The standard InChI is InChI=1S/C16H16BrFN6O3S/c17-11-9-10(1-2-12(11)18)24-15(22-26-16(24)25)13-14(21-27-20-13)19-3-4-23-5-7-28-8-6-23/h1-2,9H,3-8H2,(H,19,21). The minimum atomic E-state index is -0.728. The van der Waals surface area contributed by atoms with Crippen molar-refractivity contribution in [2.24, 2.45) is 0 Å². The smallest absolute Gasteiger partial charge is 0.364 e. The number of hydrogen-bond donors (Lipinski definition) is 1. The average molecular weight is 471 g/mol. The van der Waals surface area contributed by atoms with Crippen LogP contribution in [0.15, 0.2) is 36.6 Å². The van der Waals surface area contributed by atoms with Crippen molar-refractivity contribution in [3.05, 3.63) is 39.0 Å². The zero-order chi connectivity index (χ0) is 19.5. The van der Waals surface area contributed by atoms with Crippen LogP contribution in [-0.4, -0.2) is 62.6 Å². The number of rotatable bonds is 6. The van der Waals surface area contributed by atoms with Gasteiger partial charge in [-0.2, -0.15) is 11.8 Å². The van der Waals surface area contributed by atoms with E-state index in [1.165, 1.54) is 22.8 Å². The van der Waals surface area contributed by atoms with Gasteiger partial charge in [-0.05, 0) is 44.4 Å². The van der Waals surface area contributed by atoms with E-state index < -0.39 is 11.6 Å². The molecule has 28 heavy (non-hydrogen) atoms. The molecule has 148 valence electrons. The van der Waals surface area contributed by atoms with Crippen LogP contribution in [0, 0.1) is 5.82 Å². The molecule has 3 heterocycles. The Kier molecular flexibility index (Phi) is 5.78. The van der Waals surface area contributed by atoms with Crippen molar-refractivity contribution in [3.8, 4) is 17.2 Å². The molecule has 9 nitrogen and oxygen atoms in total. The monoisotopic (exact) mass is 470 g/mol. The molecule has 0 atom stereocenters. The molecule has 0 unspecified atom stereocenters. The summed E-state index contributed by atoms with van der Waals surface area (Å²) in [5, 5.41) is 14.7. The number of nitrogens with one attached hydrogen (secondary N) is 1. The van der Waals surface area contributed by atoms with Crippen molar-refractivity contribution in [1.82, 2.24) is 24.9 Å². The van der Waals surface area contributed by atoms with E-state index in [0.29, 0.717) is 18.1 Å². The quantitative estimate of drug-likeness (QED) is 0.580. The van der Waals surface area contributed by atoms with Gasteiger partial charge in [0.2, 0.25) is 11.6 Å². The fraction of sp³-hybridized carbons (Fsp3) is 0.375. The van der Waals surface area contributed by atoms with Crippen LogP contribution in [0.5, 0.6) is 0 Å². The Balaban J connectivity index is 1.56. The van der Waals surface area contributed by atoms with Crippen LogP contribution < -0.4 is 11.1 Å². The van der Waals surface area contributed by atoms with Crippen LogP contribution in [0.4, 0.5) is 10.2 Å². The molecule has 0 aliphatic carbocycles. The molecule has 1 aliphatic heterocycles. The molecule has 1 fully saturated rings. The lowest BCUT2D eigenvalue weighted by molar-refractivity contribution is 0.306. The van der Waals surface area contributed by atoms with Crippen LogP contribution >= 0.6 is 27.7 Å². The minimum Gasteiger partial charge on any atom is -0.364 e. The number of halogens is 2. The van der Waals surface area contributed by atoms with E-state index in [1.54, 1.807) is 0 Å². The van der Waals surface area contributed by atoms with Gasteiger partial charge in [-0.3, -0.25) is 9.42 Å². The van der Waals surface area contributed by atoms with E-state index >= 15 is 0 Å². The molecular formula is C16H16BrFN6O3S. The van der Waals surface area contributed by atoms with Crippen molar-refractivity contribution < 1.29 is 13.5 Å². The maximum atomic E-state index is 13.5. The number of benzene rings is 1. The normalized spacial score (nSPS) is 15.1. The second kappa shape index (κ2) is 8.45. The summed E-state index contributed by atoms with van der Waals surface area (Å²) in [5.74, 6) is 1.56. The molecule has 0 spiro atoms. The molecule has 0 bridgehead atoms. The first-order chi connectivity index (χ1) is 13.6. The third-order valence-electron chi connectivity index (χ3n) is 4.29. The first-order valence-electron chi connectivity index (χ1n) is 8.54. The highest BCUT2D eigenvalue weighted by Crippen LogP contribution is 2.26. The van der Waals surface area contributed by atoms with Crippen molar-refractivity contribution in [2.45, 2.75) is 0 Å². The fourth-order valence-corrected chi connectivity index (χ4v) is 4.21. The second-order valence-corrected chi connectivity index (χ2v) is 8.13. The molecule has 2 aromatic heterocycles. The van der Waals surface area contributed by atoms with Gasteiger partial charge < -0.3 is 5.32 Å². The summed E-state index contributed by atoms with van der Waals surface area (Å²) >= 11 is 5.07. The van der Waals surface area contributed by atoms with Crippen molar-refractivity contribution >= 4 is 33.5 Å². The Bertz CT molecular complexity index is 1020. The van der Waals surface area contributed by atoms with Gasteiger partial charge in [0.1, 0.15) is 5.82 Å². The molecule has 3 aromatic rings. The topological polar surface area (TPSA) is 102 Å². The predicted molar refractivity (Wildman–Crippen MR) is 105 cm³/mol. The zero-order valence-electron chi connectivity index (χ0n) is 14.6. The van der Waals surface area contributed by atoms with E-state index in [-0.39, 0.29) is 16.0 Å². The SMILES string of the molecule is O=c1onc(-c2nonc2NCCN2CCSCC2)n1-c1ccc(F)c(Br)c1. The largest absolute Gasteiger partial charge is 0.446 e. The minimum absolute atomic E-state index is 0.113. The molecule has 12 heteroatoms. The number of anilines is 1. The van der Waals surface area contributed by atoms with E-state index in [1.807, 2.05) is 11.8 Å². The van der Waals surface area contributed by atoms with E-state index in [4.69, 9.17) is 9.15 Å². The zero-order valence-corrected chi connectivity index (χ0v) is 17.0. The highest BCUT2D eigenvalue weighted by Gasteiger charge is 2.23. The second-order valence-electron chi connectivity index (χ2n) is 6.05. The van der Waals surface area contributed by atoms with E-state index in [2.05, 4.69) is 41.6 Å². The summed E-state index contributed by atoms with van der Waals surface area (Å²) in [6, 6.07) is 4.13.